The molecule has 2 rings (SSSR count). The van der Waals surface area contributed by atoms with Crippen LogP contribution < -0.4 is 4.74 Å². The molecule has 4 heteroatoms. The molecule has 1 atom stereocenters. The van der Waals surface area contributed by atoms with Crippen LogP contribution in [-0.2, 0) is 16.0 Å². The Balaban J connectivity index is 1.73. The quantitative estimate of drug-likeness (QED) is 0.224. The summed E-state index contributed by atoms with van der Waals surface area (Å²) in [5.41, 5.74) is 3.35. The molecule has 0 fully saturated rings. The number of esters is 1. The highest BCUT2D eigenvalue weighted by Gasteiger charge is 2.09. The van der Waals surface area contributed by atoms with Crippen molar-refractivity contribution in [2.75, 3.05) is 6.61 Å². The predicted molar refractivity (Wildman–Crippen MR) is 127 cm³/mol. The standard InChI is InChI=1S/C27H39NO3/c1-4-6-7-8-9-10-11-13-23-14-19-26(28-20-23)24-15-17-25(18-16-24)30-21-22(3)31-27(29)12-5-2/h14-20,22H,4-13,21H2,1-3H3/t22-/m0/s1. The first-order chi connectivity index (χ1) is 15.1. The van der Waals surface area contributed by atoms with Gasteiger partial charge in [0.2, 0.25) is 0 Å². The molecular weight excluding hydrogens is 386 g/mol. The highest BCUT2D eigenvalue weighted by Crippen LogP contribution is 2.21. The van der Waals surface area contributed by atoms with Gasteiger partial charge in [-0.05, 0) is 62.1 Å². The Bertz CT molecular complexity index is 740. The second-order valence-electron chi connectivity index (χ2n) is 8.31. The molecule has 31 heavy (non-hydrogen) atoms. The van der Waals surface area contributed by atoms with Crippen molar-refractivity contribution in [3.63, 3.8) is 0 Å². The second-order valence-corrected chi connectivity index (χ2v) is 8.31. The summed E-state index contributed by atoms with van der Waals surface area (Å²) in [6, 6.07) is 12.2. The Morgan fingerprint density at radius 1 is 0.903 bits per heavy atom. The van der Waals surface area contributed by atoms with Crippen LogP contribution in [0.4, 0.5) is 0 Å². The average molecular weight is 426 g/mol. The van der Waals surface area contributed by atoms with E-state index in [4.69, 9.17) is 9.47 Å². The molecule has 0 spiro atoms. The van der Waals surface area contributed by atoms with Gasteiger partial charge >= 0.3 is 5.97 Å². The highest BCUT2D eigenvalue weighted by molar-refractivity contribution is 5.69. The fraction of sp³-hybridized carbons (Fsp3) is 0.556. The largest absolute Gasteiger partial charge is 0.490 e. The zero-order chi connectivity index (χ0) is 22.3. The van der Waals surface area contributed by atoms with Crippen molar-refractivity contribution in [1.29, 1.82) is 0 Å². The molecule has 2 aromatic rings. The summed E-state index contributed by atoms with van der Waals surface area (Å²) in [6.45, 7) is 6.41. The Hall–Kier alpha value is -2.36. The van der Waals surface area contributed by atoms with Gasteiger partial charge in [-0.25, -0.2) is 0 Å². The molecule has 0 saturated carbocycles. The van der Waals surface area contributed by atoms with Crippen LogP contribution in [0.5, 0.6) is 5.75 Å². The molecule has 0 unspecified atom stereocenters. The Kier molecular flexibility index (Phi) is 11.7. The summed E-state index contributed by atoms with van der Waals surface area (Å²) in [4.78, 5) is 16.2. The first kappa shape index (κ1) is 24.9. The molecule has 0 N–H and O–H groups in total. The van der Waals surface area contributed by atoms with Gasteiger partial charge in [0.1, 0.15) is 18.5 Å². The molecule has 4 nitrogen and oxygen atoms in total. The maximum Gasteiger partial charge on any atom is 0.306 e. The van der Waals surface area contributed by atoms with Crippen LogP contribution >= 0.6 is 0 Å². The number of hydrogen-bond acceptors (Lipinski definition) is 4. The molecule has 0 amide bonds. The number of pyridine rings is 1. The van der Waals surface area contributed by atoms with E-state index in [2.05, 4.69) is 24.0 Å². The molecular formula is C27H39NO3. The molecule has 0 radical (unpaired) electrons. The number of carbonyl (C=O) groups is 1. The number of aromatic nitrogens is 1. The van der Waals surface area contributed by atoms with Crippen LogP contribution in [0.3, 0.4) is 0 Å². The lowest BCUT2D eigenvalue weighted by Gasteiger charge is -2.14. The zero-order valence-corrected chi connectivity index (χ0v) is 19.6. The average Bonchev–Trinajstić information content (AvgIpc) is 2.78. The lowest BCUT2D eigenvalue weighted by molar-refractivity contribution is -0.149. The number of unbranched alkanes of at least 4 members (excludes halogenated alkanes) is 6. The molecule has 170 valence electrons. The number of hydrogen-bond donors (Lipinski definition) is 0. The summed E-state index contributed by atoms with van der Waals surface area (Å²) < 4.78 is 11.0. The van der Waals surface area contributed by atoms with E-state index in [0.717, 1.165) is 29.8 Å². The Morgan fingerprint density at radius 2 is 1.61 bits per heavy atom. The molecule has 0 bridgehead atoms. The zero-order valence-electron chi connectivity index (χ0n) is 19.6. The van der Waals surface area contributed by atoms with Gasteiger partial charge in [0.25, 0.3) is 0 Å². The maximum atomic E-state index is 11.5. The molecule has 0 aliphatic rings. The van der Waals surface area contributed by atoms with Gasteiger partial charge in [0.05, 0.1) is 5.69 Å². The van der Waals surface area contributed by atoms with Crippen molar-refractivity contribution in [2.24, 2.45) is 0 Å². The van der Waals surface area contributed by atoms with Crippen molar-refractivity contribution in [3.8, 4) is 17.0 Å². The van der Waals surface area contributed by atoms with E-state index in [1.54, 1.807) is 0 Å². The van der Waals surface area contributed by atoms with E-state index in [9.17, 15) is 4.79 Å². The summed E-state index contributed by atoms with van der Waals surface area (Å²) in [6.07, 6.45) is 13.4. The van der Waals surface area contributed by atoms with Crippen LogP contribution in [0.25, 0.3) is 11.3 Å². The van der Waals surface area contributed by atoms with E-state index >= 15 is 0 Å². The number of benzene rings is 1. The van der Waals surface area contributed by atoms with Gasteiger partial charge in [-0.3, -0.25) is 9.78 Å². The van der Waals surface area contributed by atoms with Crippen LogP contribution in [0, 0.1) is 0 Å². The fourth-order valence-electron chi connectivity index (χ4n) is 3.49. The second kappa shape index (κ2) is 14.6. The fourth-order valence-corrected chi connectivity index (χ4v) is 3.49. The third-order valence-corrected chi connectivity index (χ3v) is 5.32. The minimum atomic E-state index is -0.260. The number of ether oxygens (including phenoxy) is 2. The minimum Gasteiger partial charge on any atom is -0.490 e. The van der Waals surface area contributed by atoms with Crippen LogP contribution in [-0.4, -0.2) is 23.7 Å². The molecule has 1 aromatic heterocycles. The highest BCUT2D eigenvalue weighted by atomic mass is 16.6. The number of carbonyl (C=O) groups excluding carboxylic acids is 1. The predicted octanol–water partition coefficient (Wildman–Crippen LogP) is 7.15. The van der Waals surface area contributed by atoms with Crippen molar-refractivity contribution in [2.45, 2.75) is 91.1 Å². The number of rotatable bonds is 15. The lowest BCUT2D eigenvalue weighted by atomic mass is 10.0. The van der Waals surface area contributed by atoms with Crippen LogP contribution in [0.15, 0.2) is 42.6 Å². The summed E-state index contributed by atoms with van der Waals surface area (Å²) in [5.74, 6) is 0.591. The summed E-state index contributed by atoms with van der Waals surface area (Å²) in [7, 11) is 0. The van der Waals surface area contributed by atoms with Crippen molar-refractivity contribution in [1.82, 2.24) is 4.98 Å². The molecule has 0 saturated heterocycles. The first-order valence-electron chi connectivity index (χ1n) is 12.0. The Labute approximate surface area is 188 Å². The summed E-state index contributed by atoms with van der Waals surface area (Å²) >= 11 is 0. The van der Waals surface area contributed by atoms with Gasteiger partial charge in [-0.1, -0.05) is 58.4 Å². The van der Waals surface area contributed by atoms with E-state index in [-0.39, 0.29) is 12.1 Å². The van der Waals surface area contributed by atoms with Gasteiger partial charge in [-0.2, -0.15) is 0 Å². The van der Waals surface area contributed by atoms with Crippen molar-refractivity contribution in [3.05, 3.63) is 48.2 Å². The van der Waals surface area contributed by atoms with E-state index in [1.165, 1.54) is 50.5 Å². The first-order valence-corrected chi connectivity index (χ1v) is 12.0. The number of aryl methyl sites for hydroxylation is 1. The van der Waals surface area contributed by atoms with E-state index in [1.807, 2.05) is 44.3 Å². The monoisotopic (exact) mass is 425 g/mol. The maximum absolute atomic E-state index is 11.5. The van der Waals surface area contributed by atoms with E-state index < -0.39 is 0 Å². The van der Waals surface area contributed by atoms with Crippen LogP contribution in [0.2, 0.25) is 0 Å². The van der Waals surface area contributed by atoms with Gasteiger partial charge in [0.15, 0.2) is 0 Å². The van der Waals surface area contributed by atoms with Gasteiger partial charge in [-0.15, -0.1) is 0 Å². The van der Waals surface area contributed by atoms with Crippen molar-refractivity contribution >= 4 is 5.97 Å². The third kappa shape index (κ3) is 9.99. The van der Waals surface area contributed by atoms with Gasteiger partial charge < -0.3 is 9.47 Å². The molecule has 0 aliphatic carbocycles. The summed E-state index contributed by atoms with van der Waals surface area (Å²) in [5, 5.41) is 0. The molecule has 1 heterocycles. The van der Waals surface area contributed by atoms with Gasteiger partial charge in [0, 0.05) is 18.2 Å². The third-order valence-electron chi connectivity index (χ3n) is 5.32. The Morgan fingerprint density at radius 3 is 2.26 bits per heavy atom. The normalized spacial score (nSPS) is 11.8. The van der Waals surface area contributed by atoms with Crippen molar-refractivity contribution < 1.29 is 14.3 Å². The molecule has 1 aromatic carbocycles. The van der Waals surface area contributed by atoms with E-state index in [0.29, 0.717) is 13.0 Å². The smallest absolute Gasteiger partial charge is 0.306 e. The van der Waals surface area contributed by atoms with Crippen LogP contribution in [0.1, 0.15) is 84.1 Å². The topological polar surface area (TPSA) is 48.4 Å². The SMILES string of the molecule is CCCCCCCCCc1ccc(-c2ccc(OC[C@H](C)OC(=O)CCC)cc2)nc1. The lowest BCUT2D eigenvalue weighted by Crippen LogP contribution is -2.21. The number of nitrogens with zero attached hydrogens (tertiary/aromatic N) is 1. The molecule has 0 aliphatic heterocycles. The minimum absolute atomic E-state index is 0.171.